The molecular weight excluding hydrogens is 392 g/mol. The van der Waals surface area contributed by atoms with Crippen LogP contribution in [0.3, 0.4) is 0 Å². The van der Waals surface area contributed by atoms with Crippen LogP contribution >= 0.6 is 11.6 Å². The van der Waals surface area contributed by atoms with E-state index in [1.165, 1.54) is 0 Å². The number of hydrogen-bond donors (Lipinski definition) is 3. The van der Waals surface area contributed by atoms with Crippen LogP contribution < -0.4 is 16.0 Å². The predicted molar refractivity (Wildman–Crippen MR) is 111 cm³/mol. The van der Waals surface area contributed by atoms with Crippen LogP contribution in [0.15, 0.2) is 54.7 Å². The van der Waals surface area contributed by atoms with Gasteiger partial charge in [0.1, 0.15) is 6.04 Å². The second-order valence-electron chi connectivity index (χ2n) is 6.83. The Hall–Kier alpha value is -3.32. The fourth-order valence-electron chi connectivity index (χ4n) is 3.38. The molecule has 2 aromatic carbocycles. The Morgan fingerprint density at radius 2 is 1.97 bits per heavy atom. The van der Waals surface area contributed by atoms with Gasteiger partial charge in [-0.05, 0) is 35.7 Å². The van der Waals surface area contributed by atoms with Crippen LogP contribution in [0.25, 0.3) is 10.9 Å². The van der Waals surface area contributed by atoms with Gasteiger partial charge in [-0.25, -0.2) is 0 Å². The van der Waals surface area contributed by atoms with Gasteiger partial charge in [0, 0.05) is 29.8 Å². The van der Waals surface area contributed by atoms with Gasteiger partial charge in [-0.3, -0.25) is 14.4 Å². The fourth-order valence-corrected chi connectivity index (χ4v) is 3.55. The number of amides is 3. The molecule has 0 spiro atoms. The van der Waals surface area contributed by atoms with E-state index >= 15 is 0 Å². The van der Waals surface area contributed by atoms with Gasteiger partial charge in [0.05, 0.1) is 17.7 Å². The molecule has 7 nitrogen and oxygen atoms in total. The van der Waals surface area contributed by atoms with Crippen LogP contribution in [0.4, 0.5) is 5.69 Å². The quantitative estimate of drug-likeness (QED) is 0.603. The van der Waals surface area contributed by atoms with Crippen LogP contribution in [-0.2, 0) is 16.1 Å². The zero-order valence-electron chi connectivity index (χ0n) is 15.4. The van der Waals surface area contributed by atoms with Crippen molar-refractivity contribution in [2.45, 2.75) is 19.0 Å². The maximum atomic E-state index is 12.4. The second-order valence-corrected chi connectivity index (χ2v) is 7.26. The SMILES string of the molecule is O=C(CC1NC(=O)c2ccccc2NC1=O)NCCn1ccc2ccc(Cl)cc21. The number of rotatable bonds is 5. The number of para-hydroxylation sites is 1. The number of carbonyl (C=O) groups is 3. The van der Waals surface area contributed by atoms with Gasteiger partial charge < -0.3 is 20.5 Å². The average Bonchev–Trinajstić information content (AvgIpc) is 3.04. The van der Waals surface area contributed by atoms with E-state index in [-0.39, 0.29) is 18.2 Å². The van der Waals surface area contributed by atoms with Crippen LogP contribution in [0.1, 0.15) is 16.8 Å². The van der Waals surface area contributed by atoms with Crippen molar-refractivity contribution in [2.24, 2.45) is 0 Å². The number of nitrogens with one attached hydrogen (secondary N) is 3. The van der Waals surface area contributed by atoms with E-state index in [9.17, 15) is 14.4 Å². The smallest absolute Gasteiger partial charge is 0.254 e. The van der Waals surface area contributed by atoms with Crippen molar-refractivity contribution in [3.8, 4) is 0 Å². The number of aromatic nitrogens is 1. The van der Waals surface area contributed by atoms with Crippen molar-refractivity contribution < 1.29 is 14.4 Å². The normalized spacial score (nSPS) is 16.0. The summed E-state index contributed by atoms with van der Waals surface area (Å²) in [5.41, 5.74) is 1.80. The Labute approximate surface area is 172 Å². The van der Waals surface area contributed by atoms with Gasteiger partial charge in [-0.1, -0.05) is 29.8 Å². The van der Waals surface area contributed by atoms with Crippen LogP contribution in [-0.4, -0.2) is 34.9 Å². The molecule has 3 aromatic rings. The van der Waals surface area contributed by atoms with Crippen LogP contribution in [0.5, 0.6) is 0 Å². The number of benzene rings is 2. The molecule has 29 heavy (non-hydrogen) atoms. The van der Waals surface area contributed by atoms with Gasteiger partial charge in [-0.15, -0.1) is 0 Å². The molecule has 148 valence electrons. The molecule has 4 rings (SSSR count). The minimum atomic E-state index is -0.930. The Balaban J connectivity index is 1.34. The summed E-state index contributed by atoms with van der Waals surface area (Å²) in [7, 11) is 0. The minimum Gasteiger partial charge on any atom is -0.354 e. The zero-order chi connectivity index (χ0) is 20.4. The van der Waals surface area contributed by atoms with Gasteiger partial charge in [0.15, 0.2) is 0 Å². The summed E-state index contributed by atoms with van der Waals surface area (Å²) in [4.78, 5) is 37.0. The highest BCUT2D eigenvalue weighted by Gasteiger charge is 2.29. The summed E-state index contributed by atoms with van der Waals surface area (Å²) in [5.74, 6) is -1.11. The van der Waals surface area contributed by atoms with Crippen molar-refractivity contribution in [3.05, 3.63) is 65.3 Å². The molecule has 2 heterocycles. The molecule has 3 N–H and O–H groups in total. The van der Waals surface area contributed by atoms with Gasteiger partial charge in [-0.2, -0.15) is 0 Å². The van der Waals surface area contributed by atoms with E-state index in [2.05, 4.69) is 16.0 Å². The first-order chi connectivity index (χ1) is 14.0. The Bertz CT molecular complexity index is 1110. The molecule has 1 aromatic heterocycles. The highest BCUT2D eigenvalue weighted by Crippen LogP contribution is 2.21. The first kappa shape index (κ1) is 19.0. The lowest BCUT2D eigenvalue weighted by molar-refractivity contribution is -0.125. The molecule has 1 unspecified atom stereocenters. The Morgan fingerprint density at radius 3 is 2.83 bits per heavy atom. The lowest BCUT2D eigenvalue weighted by Gasteiger charge is -2.14. The number of fused-ring (bicyclic) bond motifs is 2. The van der Waals surface area contributed by atoms with E-state index in [1.807, 2.05) is 35.0 Å². The van der Waals surface area contributed by atoms with Crippen molar-refractivity contribution >= 4 is 45.9 Å². The van der Waals surface area contributed by atoms with E-state index in [4.69, 9.17) is 11.6 Å². The summed E-state index contributed by atoms with van der Waals surface area (Å²) >= 11 is 6.06. The lowest BCUT2D eigenvalue weighted by Crippen LogP contribution is -2.44. The molecule has 1 aliphatic heterocycles. The maximum absolute atomic E-state index is 12.4. The van der Waals surface area contributed by atoms with Crippen molar-refractivity contribution in [2.75, 3.05) is 11.9 Å². The fraction of sp³-hybridized carbons (Fsp3) is 0.190. The largest absolute Gasteiger partial charge is 0.354 e. The van der Waals surface area contributed by atoms with Crippen molar-refractivity contribution in [3.63, 3.8) is 0 Å². The van der Waals surface area contributed by atoms with Crippen LogP contribution in [0.2, 0.25) is 5.02 Å². The summed E-state index contributed by atoms with van der Waals surface area (Å²) < 4.78 is 2.00. The van der Waals surface area contributed by atoms with Crippen LogP contribution in [0, 0.1) is 0 Å². The topological polar surface area (TPSA) is 92.2 Å². The summed E-state index contributed by atoms with van der Waals surface area (Å²) in [5, 5.41) is 9.83. The molecule has 3 amide bonds. The number of carbonyl (C=O) groups excluding carboxylic acids is 3. The highest BCUT2D eigenvalue weighted by atomic mass is 35.5. The van der Waals surface area contributed by atoms with Gasteiger partial charge in [0.25, 0.3) is 5.91 Å². The number of anilines is 1. The Morgan fingerprint density at radius 1 is 1.14 bits per heavy atom. The average molecular weight is 411 g/mol. The number of halogens is 1. The first-order valence-electron chi connectivity index (χ1n) is 9.23. The van der Waals surface area contributed by atoms with E-state index in [0.717, 1.165) is 10.9 Å². The highest BCUT2D eigenvalue weighted by molar-refractivity contribution is 6.31. The second kappa shape index (κ2) is 7.97. The summed E-state index contributed by atoms with van der Waals surface area (Å²) in [6.45, 7) is 0.946. The molecule has 0 bridgehead atoms. The standard InChI is InChI=1S/C21H19ClN4O3/c22-14-6-5-13-7-9-26(18(13)11-14)10-8-23-19(27)12-17-21(29)24-16-4-2-1-3-15(16)20(28)25-17/h1-7,9,11,17H,8,10,12H2,(H,23,27)(H,24,29)(H,25,28). The molecular formula is C21H19ClN4O3. The molecule has 1 atom stereocenters. The van der Waals surface area contributed by atoms with E-state index in [0.29, 0.717) is 29.4 Å². The predicted octanol–water partition coefficient (Wildman–Crippen LogP) is 2.55. The van der Waals surface area contributed by atoms with E-state index in [1.54, 1.807) is 24.3 Å². The third kappa shape index (κ3) is 4.09. The monoisotopic (exact) mass is 410 g/mol. The number of hydrogen-bond acceptors (Lipinski definition) is 3. The first-order valence-corrected chi connectivity index (χ1v) is 9.61. The zero-order valence-corrected chi connectivity index (χ0v) is 16.2. The minimum absolute atomic E-state index is 0.135. The number of nitrogens with zero attached hydrogens (tertiary/aromatic N) is 1. The van der Waals surface area contributed by atoms with Crippen molar-refractivity contribution in [1.29, 1.82) is 0 Å². The van der Waals surface area contributed by atoms with Gasteiger partial charge in [0.2, 0.25) is 11.8 Å². The molecule has 1 aliphatic rings. The van der Waals surface area contributed by atoms with Gasteiger partial charge >= 0.3 is 0 Å². The molecule has 8 heteroatoms. The third-order valence-electron chi connectivity index (χ3n) is 4.85. The van der Waals surface area contributed by atoms with E-state index < -0.39 is 11.9 Å². The molecule has 0 aliphatic carbocycles. The summed E-state index contributed by atoms with van der Waals surface area (Å²) in [6.07, 6.45) is 1.80. The molecule has 0 saturated heterocycles. The Kier molecular flexibility index (Phi) is 5.22. The third-order valence-corrected chi connectivity index (χ3v) is 5.09. The maximum Gasteiger partial charge on any atom is 0.254 e. The summed E-state index contributed by atoms with van der Waals surface area (Å²) in [6, 6.07) is 13.4. The molecule has 0 saturated carbocycles. The molecule has 0 fully saturated rings. The lowest BCUT2D eigenvalue weighted by atomic mass is 10.1. The van der Waals surface area contributed by atoms with Crippen molar-refractivity contribution in [1.82, 2.24) is 15.2 Å². The molecule has 0 radical (unpaired) electrons.